The second-order valence-corrected chi connectivity index (χ2v) is 5.91. The number of H-pyrrole nitrogens is 2. The fraction of sp³-hybridized carbons (Fsp3) is 0. The Kier molecular flexibility index (Phi) is 3.89. The maximum Gasteiger partial charge on any atom is 0.0659 e. The van der Waals surface area contributed by atoms with Gasteiger partial charge < -0.3 is 9.97 Å². The molecule has 5 rings (SSSR count). The van der Waals surface area contributed by atoms with E-state index in [4.69, 9.17) is 0 Å². The van der Waals surface area contributed by atoms with Crippen LogP contribution in [0.5, 0.6) is 0 Å². The summed E-state index contributed by atoms with van der Waals surface area (Å²) in [5, 5.41) is 0. The van der Waals surface area contributed by atoms with Crippen molar-refractivity contribution in [3.05, 3.63) is 71.3 Å². The predicted molar refractivity (Wildman–Crippen MR) is 105 cm³/mol. The van der Waals surface area contributed by atoms with E-state index >= 15 is 0 Å². The first-order chi connectivity index (χ1) is 11.8. The first kappa shape index (κ1) is 15.7. The molecule has 4 nitrogen and oxygen atoms in total. The molecule has 0 fully saturated rings. The third-order valence-corrected chi connectivity index (χ3v) is 4.04. The molecule has 2 aliphatic heterocycles. The van der Waals surface area contributed by atoms with Gasteiger partial charge in [-0.3, -0.25) is 0 Å². The van der Waals surface area contributed by atoms with Crippen LogP contribution in [0.1, 0.15) is 22.8 Å². The van der Waals surface area contributed by atoms with Crippen LogP contribution in [0.25, 0.3) is 46.4 Å². The fourth-order valence-electron chi connectivity index (χ4n) is 2.94. The third-order valence-electron chi connectivity index (χ3n) is 4.04. The Hall–Kier alpha value is -2.86. The summed E-state index contributed by atoms with van der Waals surface area (Å²) in [6.45, 7) is 0. The second-order valence-electron chi connectivity index (χ2n) is 5.91. The van der Waals surface area contributed by atoms with Crippen LogP contribution in [-0.4, -0.2) is 37.5 Å². The molecule has 0 spiro atoms. The van der Waals surface area contributed by atoms with Gasteiger partial charge in [0.2, 0.25) is 0 Å². The molecular formula is C20H14GeN4. The fourth-order valence-corrected chi connectivity index (χ4v) is 2.94. The van der Waals surface area contributed by atoms with Gasteiger partial charge in [-0.2, -0.15) is 0 Å². The van der Waals surface area contributed by atoms with E-state index in [-0.39, 0.29) is 17.6 Å². The molecule has 0 unspecified atom stereocenters. The number of fused-ring (bicyclic) bond motifs is 8. The summed E-state index contributed by atoms with van der Waals surface area (Å²) in [6.07, 6.45) is 8.05. The summed E-state index contributed by atoms with van der Waals surface area (Å²) in [4.78, 5) is 16.0. The topological polar surface area (TPSA) is 57.4 Å². The Labute approximate surface area is 155 Å². The number of aromatic amines is 2. The molecule has 4 radical (unpaired) electrons. The minimum absolute atomic E-state index is 0. The van der Waals surface area contributed by atoms with Crippen LogP contribution in [-0.2, 0) is 0 Å². The van der Waals surface area contributed by atoms with Crippen molar-refractivity contribution in [2.75, 3.05) is 0 Å². The van der Waals surface area contributed by atoms with Gasteiger partial charge in [-0.05, 0) is 72.8 Å². The van der Waals surface area contributed by atoms with Crippen molar-refractivity contribution in [2.45, 2.75) is 0 Å². The number of nitrogens with zero attached hydrogens (tertiary/aromatic N) is 2. The zero-order valence-electron chi connectivity index (χ0n) is 13.3. The molecule has 0 saturated heterocycles. The maximum atomic E-state index is 4.62. The Balaban J connectivity index is 0.00000157. The van der Waals surface area contributed by atoms with Crippen LogP contribution in [0, 0.1) is 0 Å². The van der Waals surface area contributed by atoms with Crippen LogP contribution < -0.4 is 0 Å². The minimum atomic E-state index is 0. The molecule has 5 heterocycles. The third kappa shape index (κ3) is 3.21. The molecule has 0 atom stereocenters. The van der Waals surface area contributed by atoms with Crippen LogP contribution in [0.4, 0.5) is 0 Å². The summed E-state index contributed by atoms with van der Waals surface area (Å²) in [5.74, 6) is 0. The van der Waals surface area contributed by atoms with Crippen LogP contribution in [0.2, 0.25) is 0 Å². The monoisotopic (exact) mass is 384 g/mol. The molecule has 3 aromatic heterocycles. The van der Waals surface area contributed by atoms with Gasteiger partial charge in [0.1, 0.15) is 0 Å². The van der Waals surface area contributed by atoms with Gasteiger partial charge in [0.05, 0.1) is 22.8 Å². The van der Waals surface area contributed by atoms with Gasteiger partial charge in [0, 0.05) is 39.7 Å². The van der Waals surface area contributed by atoms with E-state index in [1.54, 1.807) is 0 Å². The molecule has 0 amide bonds. The SMILES string of the molecule is C1=Cc2cc3ccc(cc4ccc(cc5nc(cc1n2)C=C5)[nH]4)[nH]3.[Ge]. The van der Waals surface area contributed by atoms with E-state index < -0.39 is 0 Å². The van der Waals surface area contributed by atoms with Gasteiger partial charge in [-0.25, -0.2) is 9.97 Å². The second kappa shape index (κ2) is 6.22. The van der Waals surface area contributed by atoms with E-state index in [9.17, 15) is 0 Å². The Morgan fingerprint density at radius 2 is 0.840 bits per heavy atom. The largest absolute Gasteiger partial charge is 0.355 e. The Bertz CT molecular complexity index is 1080. The van der Waals surface area contributed by atoms with Crippen LogP contribution >= 0.6 is 0 Å². The van der Waals surface area contributed by atoms with E-state index in [0.717, 1.165) is 44.8 Å². The summed E-state index contributed by atoms with van der Waals surface area (Å²) in [7, 11) is 0. The molecule has 2 aliphatic rings. The molecule has 0 saturated carbocycles. The van der Waals surface area contributed by atoms with E-state index in [0.29, 0.717) is 0 Å². The van der Waals surface area contributed by atoms with Crippen molar-refractivity contribution >= 4 is 64.0 Å². The van der Waals surface area contributed by atoms with Gasteiger partial charge >= 0.3 is 0 Å². The normalized spacial score (nSPS) is 12.2. The van der Waals surface area contributed by atoms with Crippen molar-refractivity contribution < 1.29 is 0 Å². The van der Waals surface area contributed by atoms with Crippen molar-refractivity contribution in [3.63, 3.8) is 0 Å². The molecule has 5 heteroatoms. The van der Waals surface area contributed by atoms with Gasteiger partial charge in [-0.15, -0.1) is 0 Å². The molecule has 118 valence electrons. The van der Waals surface area contributed by atoms with Crippen LogP contribution in [0.15, 0.2) is 48.5 Å². The zero-order chi connectivity index (χ0) is 15.9. The van der Waals surface area contributed by atoms with Gasteiger partial charge in [0.25, 0.3) is 0 Å². The smallest absolute Gasteiger partial charge is 0.0659 e. The molecule has 3 aromatic rings. The minimum Gasteiger partial charge on any atom is -0.355 e. The molecule has 0 aromatic carbocycles. The van der Waals surface area contributed by atoms with Crippen molar-refractivity contribution in [1.29, 1.82) is 0 Å². The molecule has 25 heavy (non-hydrogen) atoms. The molecule has 0 aliphatic carbocycles. The Morgan fingerprint density at radius 1 is 0.480 bits per heavy atom. The van der Waals surface area contributed by atoms with E-state index in [1.165, 1.54) is 0 Å². The van der Waals surface area contributed by atoms with E-state index in [1.807, 2.05) is 42.5 Å². The van der Waals surface area contributed by atoms with Crippen molar-refractivity contribution in [1.82, 2.24) is 19.9 Å². The number of nitrogens with one attached hydrogen (secondary N) is 2. The summed E-state index contributed by atoms with van der Waals surface area (Å²) < 4.78 is 0. The maximum absolute atomic E-state index is 4.62. The standard InChI is InChI=1S/C20H14N4.Ge/c1-2-14-10-16-5-6-18(23-16)12-20-8-7-19(24-20)11-17-4-3-15(22-17)9-13(1)21-14;/h1-12,21-22H;. The first-order valence-corrected chi connectivity index (χ1v) is 7.85. The van der Waals surface area contributed by atoms with Crippen molar-refractivity contribution in [3.8, 4) is 0 Å². The zero-order valence-corrected chi connectivity index (χ0v) is 15.4. The summed E-state index contributed by atoms with van der Waals surface area (Å²) in [5.41, 5.74) is 7.86. The quantitative estimate of drug-likeness (QED) is 0.393. The number of rotatable bonds is 0. The first-order valence-electron chi connectivity index (χ1n) is 7.85. The summed E-state index contributed by atoms with van der Waals surface area (Å²) in [6, 6.07) is 16.4. The molecule has 2 N–H and O–H groups in total. The molecular weight excluding hydrogens is 369 g/mol. The number of aromatic nitrogens is 4. The molecule has 8 bridgehead atoms. The number of hydrogen-bond donors (Lipinski definition) is 2. The predicted octanol–water partition coefficient (Wildman–Crippen LogP) is 4.27. The average molecular weight is 383 g/mol. The van der Waals surface area contributed by atoms with Crippen LogP contribution in [0.3, 0.4) is 0 Å². The summed E-state index contributed by atoms with van der Waals surface area (Å²) >= 11 is 0. The number of hydrogen-bond acceptors (Lipinski definition) is 2. The van der Waals surface area contributed by atoms with E-state index in [2.05, 4.69) is 50.3 Å². The van der Waals surface area contributed by atoms with Gasteiger partial charge in [0.15, 0.2) is 0 Å². The van der Waals surface area contributed by atoms with Crippen molar-refractivity contribution in [2.24, 2.45) is 0 Å². The average Bonchev–Trinajstić information content (AvgIpc) is 3.32. The Morgan fingerprint density at radius 3 is 1.28 bits per heavy atom. The van der Waals surface area contributed by atoms with Gasteiger partial charge in [-0.1, -0.05) is 0 Å².